The second-order valence-electron chi connectivity index (χ2n) is 15.1. The molecule has 0 unspecified atom stereocenters. The van der Waals surface area contributed by atoms with Gasteiger partial charge >= 0.3 is 0 Å². The highest BCUT2D eigenvalue weighted by Gasteiger charge is 2.30. The zero-order chi connectivity index (χ0) is 33.9. The smallest absolute Gasteiger partial charge is 0.145 e. The van der Waals surface area contributed by atoms with Gasteiger partial charge in [-0.05, 0) is 88.7 Å². The number of anilines is 4. The molecule has 3 heterocycles. The summed E-state index contributed by atoms with van der Waals surface area (Å²) in [5.74, 6) is 1.59. The topological polar surface area (TPSA) is 33.5 Å². The van der Waals surface area contributed by atoms with E-state index in [9.17, 15) is 0 Å². The average Bonchev–Trinajstić information content (AvgIpc) is 3.64. The van der Waals surface area contributed by atoms with E-state index in [4.69, 9.17) is 9.72 Å². The maximum absolute atomic E-state index is 6.76. The zero-order valence-electron chi connectivity index (χ0n) is 29.1. The van der Waals surface area contributed by atoms with Gasteiger partial charge in [-0.1, -0.05) is 90.1 Å². The Hall–Kier alpha value is -5.55. The van der Waals surface area contributed by atoms with Crippen LogP contribution in [0.25, 0.3) is 27.6 Å². The van der Waals surface area contributed by atoms with E-state index in [0.29, 0.717) is 6.67 Å². The molecule has 5 heteroatoms. The molecule has 8 rings (SSSR count). The molecule has 0 saturated carbocycles. The molecule has 2 aromatic heterocycles. The minimum Gasteiger partial charge on any atom is -0.457 e. The first kappa shape index (κ1) is 30.8. The van der Waals surface area contributed by atoms with Crippen LogP contribution in [0.1, 0.15) is 52.7 Å². The summed E-state index contributed by atoms with van der Waals surface area (Å²) in [5.41, 5.74) is 10.3. The summed E-state index contributed by atoms with van der Waals surface area (Å²) >= 11 is 0. The largest absolute Gasteiger partial charge is 0.457 e. The average molecular weight is 643 g/mol. The zero-order valence-corrected chi connectivity index (χ0v) is 29.1. The standard InChI is InChI=1S/C44H42N4O/c1-43(2,3)30-14-11-15-32(24-30)46-29-47(41-22-10-9-21-40(41)46)34-25-31(44(4,5)6)26-36(28-34)49-35-17-12-16-33(27-35)48-39-20-8-7-18-37(39)38-19-13-23-45-42(38)48/h7-28H,29H2,1-6H3. The number of pyridine rings is 1. The summed E-state index contributed by atoms with van der Waals surface area (Å²) in [6.07, 6.45) is 1.86. The fourth-order valence-corrected chi connectivity index (χ4v) is 6.91. The first-order valence-corrected chi connectivity index (χ1v) is 17.1. The summed E-state index contributed by atoms with van der Waals surface area (Å²) in [7, 11) is 0. The molecule has 1 aliphatic heterocycles. The van der Waals surface area contributed by atoms with Crippen LogP contribution < -0.4 is 14.5 Å². The molecular weight excluding hydrogens is 601 g/mol. The number of para-hydroxylation sites is 3. The monoisotopic (exact) mass is 642 g/mol. The second-order valence-corrected chi connectivity index (χ2v) is 15.1. The summed E-state index contributed by atoms with van der Waals surface area (Å²) in [4.78, 5) is 9.60. The van der Waals surface area contributed by atoms with Crippen molar-refractivity contribution in [2.24, 2.45) is 0 Å². The third-order valence-corrected chi connectivity index (χ3v) is 9.58. The number of rotatable bonds is 5. The van der Waals surface area contributed by atoms with Crippen molar-refractivity contribution in [2.45, 2.75) is 52.4 Å². The van der Waals surface area contributed by atoms with E-state index >= 15 is 0 Å². The van der Waals surface area contributed by atoms with Crippen molar-refractivity contribution in [3.05, 3.63) is 145 Å². The van der Waals surface area contributed by atoms with E-state index in [1.807, 2.05) is 18.3 Å². The number of aromatic nitrogens is 2. The lowest BCUT2D eigenvalue weighted by atomic mass is 9.86. The van der Waals surface area contributed by atoms with Gasteiger partial charge in [0.2, 0.25) is 0 Å². The van der Waals surface area contributed by atoms with Crippen molar-refractivity contribution in [3.63, 3.8) is 0 Å². The quantitative estimate of drug-likeness (QED) is 0.187. The van der Waals surface area contributed by atoms with E-state index < -0.39 is 0 Å². The lowest BCUT2D eigenvalue weighted by Crippen LogP contribution is -2.25. The first-order valence-electron chi connectivity index (χ1n) is 17.1. The Morgan fingerprint density at radius 1 is 0.531 bits per heavy atom. The van der Waals surface area contributed by atoms with Crippen LogP contribution in [-0.4, -0.2) is 16.2 Å². The van der Waals surface area contributed by atoms with Gasteiger partial charge < -0.3 is 14.5 Å². The Labute approximate surface area is 289 Å². The van der Waals surface area contributed by atoms with E-state index in [1.165, 1.54) is 33.6 Å². The van der Waals surface area contributed by atoms with E-state index in [1.54, 1.807) is 0 Å². The Bertz CT molecular complexity index is 2290. The third kappa shape index (κ3) is 5.59. The third-order valence-electron chi connectivity index (χ3n) is 9.58. The Kier molecular flexibility index (Phi) is 7.25. The van der Waals surface area contributed by atoms with Gasteiger partial charge in [0.15, 0.2) is 0 Å². The number of benzene rings is 5. The van der Waals surface area contributed by atoms with Crippen molar-refractivity contribution in [1.29, 1.82) is 0 Å². The normalized spacial score (nSPS) is 13.3. The van der Waals surface area contributed by atoms with Crippen molar-refractivity contribution in [1.82, 2.24) is 9.55 Å². The summed E-state index contributed by atoms with van der Waals surface area (Å²) in [6.45, 7) is 14.3. The van der Waals surface area contributed by atoms with Crippen LogP contribution in [0.3, 0.4) is 0 Å². The predicted molar refractivity (Wildman–Crippen MR) is 205 cm³/mol. The van der Waals surface area contributed by atoms with Crippen LogP contribution in [0, 0.1) is 0 Å². The first-order chi connectivity index (χ1) is 23.5. The lowest BCUT2D eigenvalue weighted by molar-refractivity contribution is 0.478. The molecule has 7 aromatic rings. The molecule has 0 amide bonds. The number of hydrogen-bond donors (Lipinski definition) is 0. The van der Waals surface area contributed by atoms with Crippen LogP contribution in [0.5, 0.6) is 11.5 Å². The van der Waals surface area contributed by atoms with Gasteiger partial charge in [-0.2, -0.15) is 0 Å². The van der Waals surface area contributed by atoms with Crippen LogP contribution in [0.4, 0.5) is 22.7 Å². The number of nitrogens with zero attached hydrogens (tertiary/aromatic N) is 4. The molecule has 49 heavy (non-hydrogen) atoms. The highest BCUT2D eigenvalue weighted by molar-refractivity contribution is 6.07. The summed E-state index contributed by atoms with van der Waals surface area (Å²) in [6, 6.07) is 45.3. The Morgan fingerprint density at radius 2 is 1.16 bits per heavy atom. The highest BCUT2D eigenvalue weighted by Crippen LogP contribution is 2.46. The number of hydrogen-bond acceptors (Lipinski definition) is 4. The van der Waals surface area contributed by atoms with E-state index in [2.05, 4.69) is 171 Å². The van der Waals surface area contributed by atoms with Gasteiger partial charge in [0.25, 0.3) is 0 Å². The Balaban J connectivity index is 1.18. The second kappa shape index (κ2) is 11.6. The molecule has 0 saturated heterocycles. The molecule has 5 nitrogen and oxygen atoms in total. The summed E-state index contributed by atoms with van der Waals surface area (Å²) < 4.78 is 8.98. The highest BCUT2D eigenvalue weighted by atomic mass is 16.5. The maximum Gasteiger partial charge on any atom is 0.145 e. The van der Waals surface area contributed by atoms with E-state index in [0.717, 1.165) is 39.4 Å². The van der Waals surface area contributed by atoms with Crippen LogP contribution in [0.15, 0.2) is 134 Å². The van der Waals surface area contributed by atoms with E-state index in [-0.39, 0.29) is 10.8 Å². The number of ether oxygens (including phenoxy) is 1. The molecular formula is C44H42N4O. The predicted octanol–water partition coefficient (Wildman–Crippen LogP) is 11.8. The SMILES string of the molecule is CC(C)(C)c1cccc(N2CN(c3cc(Oc4cccc(-n5c6ccccc6c6cccnc65)c4)cc(C(C)(C)C)c3)c3ccccc32)c1. The van der Waals surface area contributed by atoms with Gasteiger partial charge in [0.05, 0.1) is 22.6 Å². The maximum atomic E-state index is 6.76. The molecule has 0 fully saturated rings. The fourth-order valence-electron chi connectivity index (χ4n) is 6.91. The minimum atomic E-state index is -0.0788. The molecule has 0 radical (unpaired) electrons. The minimum absolute atomic E-state index is 0.0670. The summed E-state index contributed by atoms with van der Waals surface area (Å²) in [5, 5.41) is 2.32. The fraction of sp³-hybridized carbons (Fsp3) is 0.205. The van der Waals surface area contributed by atoms with Crippen LogP contribution in [-0.2, 0) is 10.8 Å². The van der Waals surface area contributed by atoms with Gasteiger partial charge in [0, 0.05) is 40.5 Å². The van der Waals surface area contributed by atoms with Crippen molar-refractivity contribution in [2.75, 3.05) is 16.5 Å². The van der Waals surface area contributed by atoms with Gasteiger partial charge in [-0.15, -0.1) is 0 Å². The molecule has 1 aliphatic rings. The molecule has 5 aromatic carbocycles. The van der Waals surface area contributed by atoms with Crippen LogP contribution in [0.2, 0.25) is 0 Å². The Morgan fingerprint density at radius 3 is 1.94 bits per heavy atom. The number of fused-ring (bicyclic) bond motifs is 4. The van der Waals surface area contributed by atoms with Crippen molar-refractivity contribution >= 4 is 44.7 Å². The van der Waals surface area contributed by atoms with Gasteiger partial charge in [-0.25, -0.2) is 4.98 Å². The molecule has 0 bridgehead atoms. The van der Waals surface area contributed by atoms with Crippen molar-refractivity contribution < 1.29 is 4.74 Å². The van der Waals surface area contributed by atoms with Gasteiger partial charge in [0.1, 0.15) is 23.8 Å². The lowest BCUT2D eigenvalue weighted by Gasteiger charge is -2.27. The van der Waals surface area contributed by atoms with Crippen LogP contribution >= 0.6 is 0 Å². The van der Waals surface area contributed by atoms with Gasteiger partial charge in [-0.3, -0.25) is 4.57 Å². The van der Waals surface area contributed by atoms with Crippen molar-refractivity contribution in [3.8, 4) is 17.2 Å². The molecule has 0 spiro atoms. The molecule has 0 N–H and O–H groups in total. The molecule has 0 atom stereocenters. The molecule has 0 aliphatic carbocycles. The molecule has 244 valence electrons.